The van der Waals surface area contributed by atoms with Crippen LogP contribution in [-0.4, -0.2) is 40.0 Å². The van der Waals surface area contributed by atoms with Crippen molar-refractivity contribution in [2.75, 3.05) is 13.2 Å². The second-order valence-electron chi connectivity index (χ2n) is 5.95. The molecule has 0 aliphatic carbocycles. The second kappa shape index (κ2) is 9.56. The molecule has 0 spiro atoms. The molecule has 0 bridgehead atoms. The third-order valence-electron chi connectivity index (χ3n) is 3.92. The van der Waals surface area contributed by atoms with Crippen LogP contribution in [0.15, 0.2) is 24.3 Å². The van der Waals surface area contributed by atoms with Crippen LogP contribution in [0.5, 0.6) is 0 Å². The first-order valence-corrected chi connectivity index (χ1v) is 7.79. The van der Waals surface area contributed by atoms with Gasteiger partial charge in [0, 0.05) is 6.42 Å². The molecule has 1 rings (SSSR count). The van der Waals surface area contributed by atoms with Gasteiger partial charge in [0.2, 0.25) is 0 Å². The largest absolute Gasteiger partial charge is 0.481 e. The molecule has 0 atom stereocenters. The van der Waals surface area contributed by atoms with Crippen LogP contribution < -0.4 is 5.73 Å². The molecule has 0 amide bonds. The Balaban J connectivity index is 2.32. The number of hydrogen-bond donors (Lipinski definition) is 4. The average molecular weight is 309 g/mol. The Bertz CT molecular complexity index is 440. The van der Waals surface area contributed by atoms with E-state index in [1.54, 1.807) is 0 Å². The van der Waals surface area contributed by atoms with Gasteiger partial charge in [-0.25, -0.2) is 0 Å². The molecule has 0 fully saturated rings. The molecule has 0 aliphatic rings. The van der Waals surface area contributed by atoms with Crippen molar-refractivity contribution in [3.8, 4) is 0 Å². The van der Waals surface area contributed by atoms with E-state index >= 15 is 0 Å². The van der Waals surface area contributed by atoms with Crippen molar-refractivity contribution in [3.63, 3.8) is 0 Å². The molecule has 22 heavy (non-hydrogen) atoms. The average Bonchev–Trinajstić information content (AvgIpc) is 2.53. The van der Waals surface area contributed by atoms with Crippen LogP contribution in [0.3, 0.4) is 0 Å². The number of unbranched alkanes of at least 4 members (excludes halogenated alkanes) is 2. The zero-order valence-corrected chi connectivity index (χ0v) is 13.0. The third kappa shape index (κ3) is 7.02. The number of aliphatic hydroxyl groups excluding tert-OH is 2. The van der Waals surface area contributed by atoms with E-state index in [1.807, 2.05) is 12.1 Å². The van der Waals surface area contributed by atoms with Crippen LogP contribution in [0.1, 0.15) is 43.2 Å². The first kappa shape index (κ1) is 18.6. The Morgan fingerprint density at radius 2 is 1.50 bits per heavy atom. The number of aryl methyl sites for hydroxylation is 2. The van der Waals surface area contributed by atoms with Crippen molar-refractivity contribution >= 4 is 5.97 Å². The van der Waals surface area contributed by atoms with Crippen molar-refractivity contribution < 1.29 is 20.1 Å². The summed E-state index contributed by atoms with van der Waals surface area (Å²) in [6, 6.07) is 8.23. The zero-order chi connectivity index (χ0) is 16.4. The number of aliphatic carboxylic acids is 1. The van der Waals surface area contributed by atoms with E-state index in [0.29, 0.717) is 6.42 Å². The Morgan fingerprint density at radius 1 is 0.955 bits per heavy atom. The summed E-state index contributed by atoms with van der Waals surface area (Å²) in [5, 5.41) is 26.9. The van der Waals surface area contributed by atoms with Gasteiger partial charge in [0.1, 0.15) is 0 Å². The zero-order valence-electron chi connectivity index (χ0n) is 13.0. The Hall–Kier alpha value is -1.43. The fourth-order valence-electron chi connectivity index (χ4n) is 2.26. The predicted octanol–water partition coefficient (Wildman–Crippen LogP) is 1.49. The lowest BCUT2D eigenvalue weighted by molar-refractivity contribution is -0.137. The van der Waals surface area contributed by atoms with Gasteiger partial charge in [0.25, 0.3) is 0 Å². The topological polar surface area (TPSA) is 104 Å². The number of rotatable bonds is 11. The molecule has 124 valence electrons. The molecule has 0 aliphatic heterocycles. The van der Waals surface area contributed by atoms with Gasteiger partial charge in [-0.2, -0.15) is 0 Å². The number of hydrogen-bond acceptors (Lipinski definition) is 4. The minimum Gasteiger partial charge on any atom is -0.481 e. The van der Waals surface area contributed by atoms with Gasteiger partial charge in [0.05, 0.1) is 18.8 Å². The van der Waals surface area contributed by atoms with Crippen LogP contribution in [0.2, 0.25) is 0 Å². The molecular formula is C17H27NO4. The molecule has 5 heteroatoms. The summed E-state index contributed by atoms with van der Waals surface area (Å²) in [4.78, 5) is 10.4. The Labute approximate surface area is 131 Å². The Kier molecular flexibility index (Phi) is 8.09. The number of carbonyl (C=O) groups is 1. The summed E-state index contributed by atoms with van der Waals surface area (Å²) in [6.45, 7) is -0.449. The van der Waals surface area contributed by atoms with E-state index in [4.69, 9.17) is 21.1 Å². The van der Waals surface area contributed by atoms with Gasteiger partial charge in [-0.05, 0) is 43.2 Å². The van der Waals surface area contributed by atoms with E-state index in [9.17, 15) is 4.79 Å². The third-order valence-corrected chi connectivity index (χ3v) is 3.92. The standard InChI is InChI=1S/C17H27NO4/c18-17(12-19,13-20)11-10-15-8-6-14(7-9-15)4-2-1-3-5-16(21)22/h6-9,19-20H,1-5,10-13,18H2,(H,21,22). The van der Waals surface area contributed by atoms with E-state index in [-0.39, 0.29) is 19.6 Å². The molecule has 0 unspecified atom stereocenters. The normalized spacial score (nSPS) is 11.6. The quantitative estimate of drug-likeness (QED) is 0.464. The van der Waals surface area contributed by atoms with Crippen molar-refractivity contribution in [1.82, 2.24) is 0 Å². The smallest absolute Gasteiger partial charge is 0.303 e. The van der Waals surface area contributed by atoms with Crippen molar-refractivity contribution in [3.05, 3.63) is 35.4 Å². The molecule has 0 saturated heterocycles. The molecule has 5 N–H and O–H groups in total. The van der Waals surface area contributed by atoms with Crippen LogP contribution in [0, 0.1) is 0 Å². The highest BCUT2D eigenvalue weighted by Crippen LogP contribution is 2.14. The van der Waals surface area contributed by atoms with Gasteiger partial charge < -0.3 is 21.1 Å². The van der Waals surface area contributed by atoms with Gasteiger partial charge in [-0.15, -0.1) is 0 Å². The van der Waals surface area contributed by atoms with E-state index in [0.717, 1.165) is 37.7 Å². The summed E-state index contributed by atoms with van der Waals surface area (Å²) in [5.41, 5.74) is 7.30. The first-order chi connectivity index (χ1) is 10.5. The molecular weight excluding hydrogens is 282 g/mol. The lowest BCUT2D eigenvalue weighted by atomic mass is 9.93. The lowest BCUT2D eigenvalue weighted by Crippen LogP contribution is -2.47. The van der Waals surface area contributed by atoms with Gasteiger partial charge in [0.15, 0.2) is 0 Å². The first-order valence-electron chi connectivity index (χ1n) is 7.79. The Morgan fingerprint density at radius 3 is 2.00 bits per heavy atom. The number of carboxylic acid groups (broad SMARTS) is 1. The fourth-order valence-corrected chi connectivity index (χ4v) is 2.26. The number of aliphatic hydroxyl groups is 2. The summed E-state index contributed by atoms with van der Waals surface area (Å²) in [7, 11) is 0. The second-order valence-corrected chi connectivity index (χ2v) is 5.95. The van der Waals surface area contributed by atoms with Crippen molar-refractivity contribution in [2.24, 2.45) is 5.73 Å². The monoisotopic (exact) mass is 309 g/mol. The van der Waals surface area contributed by atoms with E-state index in [1.165, 1.54) is 5.56 Å². The maximum atomic E-state index is 10.4. The maximum absolute atomic E-state index is 10.4. The van der Waals surface area contributed by atoms with Gasteiger partial charge >= 0.3 is 5.97 Å². The summed E-state index contributed by atoms with van der Waals surface area (Å²) >= 11 is 0. The maximum Gasteiger partial charge on any atom is 0.303 e. The minimum absolute atomic E-state index is 0.224. The number of nitrogens with two attached hydrogens (primary N) is 1. The molecule has 0 aromatic heterocycles. The summed E-state index contributed by atoms with van der Waals surface area (Å²) < 4.78 is 0. The number of benzene rings is 1. The van der Waals surface area contributed by atoms with Gasteiger partial charge in [-0.3, -0.25) is 4.79 Å². The molecule has 1 aromatic rings. The highest BCUT2D eigenvalue weighted by atomic mass is 16.4. The molecule has 1 aromatic carbocycles. The highest BCUT2D eigenvalue weighted by Gasteiger charge is 2.22. The van der Waals surface area contributed by atoms with Crippen molar-refractivity contribution in [2.45, 2.75) is 50.5 Å². The van der Waals surface area contributed by atoms with Gasteiger partial charge in [-0.1, -0.05) is 30.7 Å². The lowest BCUT2D eigenvalue weighted by Gasteiger charge is -2.24. The summed E-state index contributed by atoms with van der Waals surface area (Å²) in [6.07, 6.45) is 5.10. The summed E-state index contributed by atoms with van der Waals surface area (Å²) in [5.74, 6) is -0.730. The molecule has 5 nitrogen and oxygen atoms in total. The molecule has 0 radical (unpaired) electrons. The predicted molar refractivity (Wildman–Crippen MR) is 85.7 cm³/mol. The van der Waals surface area contributed by atoms with Crippen LogP contribution in [-0.2, 0) is 17.6 Å². The van der Waals surface area contributed by atoms with E-state index in [2.05, 4.69) is 12.1 Å². The SMILES string of the molecule is NC(CO)(CO)CCc1ccc(CCCCCC(=O)O)cc1. The van der Waals surface area contributed by atoms with E-state index < -0.39 is 11.5 Å². The highest BCUT2D eigenvalue weighted by molar-refractivity contribution is 5.66. The molecule has 0 heterocycles. The fraction of sp³-hybridized carbons (Fsp3) is 0.588. The van der Waals surface area contributed by atoms with Crippen LogP contribution >= 0.6 is 0 Å². The number of carboxylic acids is 1. The van der Waals surface area contributed by atoms with Crippen molar-refractivity contribution in [1.29, 1.82) is 0 Å². The van der Waals surface area contributed by atoms with Crippen LogP contribution in [0.4, 0.5) is 0 Å². The minimum atomic E-state index is -0.914. The molecule has 0 saturated carbocycles. The van der Waals surface area contributed by atoms with Crippen LogP contribution in [0.25, 0.3) is 0 Å².